The predicted octanol–water partition coefficient (Wildman–Crippen LogP) is 5.20. The topological polar surface area (TPSA) is 0 Å². The zero-order chi connectivity index (χ0) is 11.5. The summed E-state index contributed by atoms with van der Waals surface area (Å²) in [7, 11) is 0. The number of hydrogen-bond acceptors (Lipinski definition) is 0. The molecule has 0 bridgehead atoms. The lowest BCUT2D eigenvalue weighted by molar-refractivity contribution is 0.158. The van der Waals surface area contributed by atoms with Crippen molar-refractivity contribution in [1.29, 1.82) is 0 Å². The van der Waals surface area contributed by atoms with Crippen molar-refractivity contribution in [3.8, 4) is 0 Å². The van der Waals surface area contributed by atoms with Gasteiger partial charge in [-0.15, -0.1) is 0 Å². The second-order valence-corrected chi connectivity index (χ2v) is 6.48. The lowest BCUT2D eigenvalue weighted by Gasteiger charge is -2.37. The molecule has 0 aromatic rings. The quantitative estimate of drug-likeness (QED) is 0.561. The molecule has 2 fully saturated rings. The van der Waals surface area contributed by atoms with Gasteiger partial charge in [0.15, 0.2) is 0 Å². The molecule has 0 heterocycles. The number of rotatable bonds is 2. The van der Waals surface area contributed by atoms with Crippen molar-refractivity contribution in [1.82, 2.24) is 0 Å². The standard InChI is InChI=1S/C16H28/c1-12(2)14-8-10-16(11-9-14)15-6-4-13(3)5-7-15/h13-16H,1,4-11H2,2-3H3. The lowest BCUT2D eigenvalue weighted by Crippen LogP contribution is -2.25. The molecule has 2 aliphatic carbocycles. The van der Waals surface area contributed by atoms with Crippen molar-refractivity contribution in [3.63, 3.8) is 0 Å². The molecule has 0 aliphatic heterocycles. The Morgan fingerprint density at radius 2 is 1.25 bits per heavy atom. The second kappa shape index (κ2) is 5.38. The van der Waals surface area contributed by atoms with Gasteiger partial charge in [-0.3, -0.25) is 0 Å². The Kier molecular flexibility index (Phi) is 4.10. The number of allylic oxidation sites excluding steroid dienone is 1. The minimum absolute atomic E-state index is 0.846. The summed E-state index contributed by atoms with van der Waals surface area (Å²) >= 11 is 0. The highest BCUT2D eigenvalue weighted by molar-refractivity contribution is 4.98. The molecule has 0 radical (unpaired) electrons. The van der Waals surface area contributed by atoms with Gasteiger partial charge in [-0.2, -0.15) is 0 Å². The van der Waals surface area contributed by atoms with Gasteiger partial charge in [-0.25, -0.2) is 0 Å². The average Bonchev–Trinajstić information content (AvgIpc) is 2.30. The highest BCUT2D eigenvalue weighted by atomic mass is 14.3. The highest BCUT2D eigenvalue weighted by Gasteiger charge is 2.29. The Balaban J connectivity index is 1.78. The smallest absolute Gasteiger partial charge is 0.0208 e. The van der Waals surface area contributed by atoms with Crippen LogP contribution in [0.15, 0.2) is 12.2 Å². The van der Waals surface area contributed by atoms with Gasteiger partial charge in [-0.05, 0) is 69.1 Å². The molecule has 2 saturated carbocycles. The zero-order valence-corrected chi connectivity index (χ0v) is 11.2. The first-order valence-corrected chi connectivity index (χ1v) is 7.32. The molecule has 0 aromatic heterocycles. The van der Waals surface area contributed by atoms with E-state index in [1.165, 1.54) is 56.9 Å². The first-order chi connectivity index (χ1) is 7.66. The Bertz CT molecular complexity index is 224. The summed E-state index contributed by atoms with van der Waals surface area (Å²) in [6.07, 6.45) is 11.8. The van der Waals surface area contributed by atoms with E-state index < -0.39 is 0 Å². The highest BCUT2D eigenvalue weighted by Crippen LogP contribution is 2.42. The van der Waals surface area contributed by atoms with Crippen molar-refractivity contribution in [2.24, 2.45) is 23.7 Å². The van der Waals surface area contributed by atoms with Crippen LogP contribution in [-0.2, 0) is 0 Å². The molecular formula is C16H28. The van der Waals surface area contributed by atoms with E-state index in [1.807, 2.05) is 0 Å². The van der Waals surface area contributed by atoms with Crippen LogP contribution in [0.1, 0.15) is 65.2 Å². The third-order valence-electron chi connectivity index (χ3n) is 5.20. The summed E-state index contributed by atoms with van der Waals surface area (Å²) in [4.78, 5) is 0. The largest absolute Gasteiger partial charge is 0.0999 e. The lowest BCUT2D eigenvalue weighted by atomic mass is 9.69. The van der Waals surface area contributed by atoms with Gasteiger partial charge in [0.25, 0.3) is 0 Å². The Morgan fingerprint density at radius 3 is 1.69 bits per heavy atom. The van der Waals surface area contributed by atoms with Gasteiger partial charge in [-0.1, -0.05) is 31.9 Å². The van der Waals surface area contributed by atoms with Crippen LogP contribution in [0.5, 0.6) is 0 Å². The Hall–Kier alpha value is -0.260. The molecule has 92 valence electrons. The predicted molar refractivity (Wildman–Crippen MR) is 71.4 cm³/mol. The fraction of sp³-hybridized carbons (Fsp3) is 0.875. The van der Waals surface area contributed by atoms with Crippen LogP contribution in [0.3, 0.4) is 0 Å². The van der Waals surface area contributed by atoms with Gasteiger partial charge in [0, 0.05) is 0 Å². The SMILES string of the molecule is C=C(C)C1CCC(C2CCC(C)CC2)CC1. The first kappa shape index (κ1) is 12.2. The fourth-order valence-electron chi connectivity index (χ4n) is 3.84. The van der Waals surface area contributed by atoms with E-state index in [9.17, 15) is 0 Å². The maximum Gasteiger partial charge on any atom is -0.0208 e. The molecule has 0 atom stereocenters. The molecule has 0 nitrogen and oxygen atoms in total. The number of hydrogen-bond donors (Lipinski definition) is 0. The Morgan fingerprint density at radius 1 is 0.812 bits per heavy atom. The van der Waals surface area contributed by atoms with Crippen LogP contribution < -0.4 is 0 Å². The molecule has 2 aliphatic rings. The molecule has 0 N–H and O–H groups in total. The van der Waals surface area contributed by atoms with E-state index in [2.05, 4.69) is 20.4 Å². The summed E-state index contributed by atoms with van der Waals surface area (Å²) in [5.74, 6) is 3.98. The minimum atomic E-state index is 0.846. The van der Waals surface area contributed by atoms with Crippen LogP contribution in [0.4, 0.5) is 0 Å². The van der Waals surface area contributed by atoms with Gasteiger partial charge in [0.2, 0.25) is 0 Å². The van der Waals surface area contributed by atoms with Gasteiger partial charge >= 0.3 is 0 Å². The summed E-state index contributed by atoms with van der Waals surface area (Å²) in [6, 6.07) is 0. The van der Waals surface area contributed by atoms with E-state index in [4.69, 9.17) is 0 Å². The Labute approximate surface area is 102 Å². The summed E-state index contributed by atoms with van der Waals surface area (Å²) in [6.45, 7) is 8.77. The van der Waals surface area contributed by atoms with E-state index in [1.54, 1.807) is 0 Å². The molecular weight excluding hydrogens is 192 g/mol. The third-order valence-corrected chi connectivity index (χ3v) is 5.20. The molecule has 0 amide bonds. The monoisotopic (exact) mass is 220 g/mol. The molecule has 0 saturated heterocycles. The maximum atomic E-state index is 4.13. The van der Waals surface area contributed by atoms with Crippen molar-refractivity contribution < 1.29 is 0 Å². The van der Waals surface area contributed by atoms with Crippen molar-refractivity contribution in [3.05, 3.63) is 12.2 Å². The van der Waals surface area contributed by atoms with Gasteiger partial charge < -0.3 is 0 Å². The molecule has 0 aromatic carbocycles. The first-order valence-electron chi connectivity index (χ1n) is 7.32. The maximum absolute atomic E-state index is 4.13. The van der Waals surface area contributed by atoms with E-state index in [-0.39, 0.29) is 0 Å². The van der Waals surface area contributed by atoms with E-state index >= 15 is 0 Å². The summed E-state index contributed by atoms with van der Waals surface area (Å²) in [5, 5.41) is 0. The van der Waals surface area contributed by atoms with Crippen LogP contribution in [0.2, 0.25) is 0 Å². The molecule has 16 heavy (non-hydrogen) atoms. The summed E-state index contributed by atoms with van der Waals surface area (Å²) in [5.41, 5.74) is 1.43. The molecule has 0 spiro atoms. The van der Waals surface area contributed by atoms with Crippen LogP contribution in [0.25, 0.3) is 0 Å². The molecule has 2 rings (SSSR count). The summed E-state index contributed by atoms with van der Waals surface area (Å²) < 4.78 is 0. The second-order valence-electron chi connectivity index (χ2n) is 6.48. The van der Waals surface area contributed by atoms with Crippen LogP contribution >= 0.6 is 0 Å². The van der Waals surface area contributed by atoms with Crippen molar-refractivity contribution in [2.75, 3.05) is 0 Å². The van der Waals surface area contributed by atoms with E-state index in [0.717, 1.165) is 23.7 Å². The fourth-order valence-corrected chi connectivity index (χ4v) is 3.84. The van der Waals surface area contributed by atoms with E-state index in [0.29, 0.717) is 0 Å². The van der Waals surface area contributed by atoms with Gasteiger partial charge in [0.05, 0.1) is 0 Å². The van der Waals surface area contributed by atoms with Gasteiger partial charge in [0.1, 0.15) is 0 Å². The zero-order valence-electron chi connectivity index (χ0n) is 11.2. The van der Waals surface area contributed by atoms with Crippen molar-refractivity contribution >= 4 is 0 Å². The van der Waals surface area contributed by atoms with Crippen LogP contribution in [0, 0.1) is 23.7 Å². The molecule has 0 unspecified atom stereocenters. The normalized spacial score (nSPS) is 40.6. The molecule has 0 heteroatoms. The minimum Gasteiger partial charge on any atom is -0.0999 e. The van der Waals surface area contributed by atoms with Crippen molar-refractivity contribution in [2.45, 2.75) is 65.2 Å². The third kappa shape index (κ3) is 2.90. The van der Waals surface area contributed by atoms with Crippen LogP contribution in [-0.4, -0.2) is 0 Å². The average molecular weight is 220 g/mol.